The minimum Gasteiger partial charge on any atom is -0.480 e. The molecule has 0 heterocycles. The largest absolute Gasteiger partial charge is 0.480 e. The first-order valence-corrected chi connectivity index (χ1v) is 6.89. The minimum absolute atomic E-state index is 0.495. The Hall–Kier alpha value is -0.930. The monoisotopic (exact) mass is 289 g/mol. The highest BCUT2D eigenvalue weighted by Gasteiger charge is 2.14. The van der Waals surface area contributed by atoms with E-state index in [0.717, 1.165) is 23.2 Å². The molecule has 2 N–H and O–H groups in total. The van der Waals surface area contributed by atoms with Crippen molar-refractivity contribution in [3.8, 4) is 0 Å². The van der Waals surface area contributed by atoms with Crippen LogP contribution < -0.4 is 5.32 Å². The van der Waals surface area contributed by atoms with E-state index in [9.17, 15) is 4.79 Å². The van der Waals surface area contributed by atoms with Crippen LogP contribution >= 0.6 is 23.2 Å². The third-order valence-electron chi connectivity index (χ3n) is 2.72. The zero-order valence-corrected chi connectivity index (χ0v) is 11.8. The van der Waals surface area contributed by atoms with Gasteiger partial charge in [-0.1, -0.05) is 12.1 Å². The maximum absolute atomic E-state index is 10.9. The number of hydrogen-bond acceptors (Lipinski definition) is 2. The van der Waals surface area contributed by atoms with Crippen molar-refractivity contribution in [3.63, 3.8) is 0 Å². The lowest BCUT2D eigenvalue weighted by Gasteiger charge is -2.17. The van der Waals surface area contributed by atoms with Crippen molar-refractivity contribution >= 4 is 34.9 Å². The molecule has 1 rings (SSSR count). The Morgan fingerprint density at radius 1 is 1.33 bits per heavy atom. The van der Waals surface area contributed by atoms with E-state index in [4.69, 9.17) is 28.3 Å². The molecule has 1 aromatic carbocycles. The van der Waals surface area contributed by atoms with Gasteiger partial charge in [0.25, 0.3) is 0 Å². The zero-order valence-electron chi connectivity index (χ0n) is 10.2. The molecule has 0 unspecified atom stereocenters. The maximum atomic E-state index is 10.9. The van der Waals surface area contributed by atoms with E-state index >= 15 is 0 Å². The van der Waals surface area contributed by atoms with Crippen LogP contribution in [0.15, 0.2) is 18.2 Å². The van der Waals surface area contributed by atoms with Crippen molar-refractivity contribution < 1.29 is 9.90 Å². The Labute approximate surface area is 117 Å². The fourth-order valence-electron chi connectivity index (χ4n) is 1.79. The SMILES string of the molecule is C[C@H](Nc1cccc(CCCl)c1CCCl)C(=O)O. The summed E-state index contributed by atoms with van der Waals surface area (Å²) in [7, 11) is 0. The molecule has 0 aliphatic rings. The first-order valence-electron chi connectivity index (χ1n) is 5.82. The lowest BCUT2D eigenvalue weighted by Crippen LogP contribution is -2.26. The molecule has 18 heavy (non-hydrogen) atoms. The van der Waals surface area contributed by atoms with Gasteiger partial charge in [-0.3, -0.25) is 4.79 Å². The topological polar surface area (TPSA) is 49.3 Å². The molecule has 0 saturated heterocycles. The summed E-state index contributed by atoms with van der Waals surface area (Å²) in [6.07, 6.45) is 1.45. The van der Waals surface area contributed by atoms with Gasteiger partial charge in [0.1, 0.15) is 6.04 Å². The molecule has 0 aliphatic heterocycles. The molecule has 0 amide bonds. The van der Waals surface area contributed by atoms with E-state index in [0.29, 0.717) is 18.2 Å². The predicted molar refractivity (Wildman–Crippen MR) is 76.0 cm³/mol. The van der Waals surface area contributed by atoms with Gasteiger partial charge < -0.3 is 10.4 Å². The number of alkyl halides is 2. The standard InChI is InChI=1S/C13H17Cl2NO2/c1-9(13(17)18)16-12-4-2-3-10(5-7-14)11(12)6-8-15/h2-4,9,16H,5-8H2,1H3,(H,17,18)/t9-/m0/s1. The van der Waals surface area contributed by atoms with Gasteiger partial charge in [-0.25, -0.2) is 0 Å². The Morgan fingerprint density at radius 2 is 2.00 bits per heavy atom. The molecule has 0 aliphatic carbocycles. The third-order valence-corrected chi connectivity index (χ3v) is 3.10. The summed E-state index contributed by atoms with van der Waals surface area (Å²) in [5.41, 5.74) is 3.00. The van der Waals surface area contributed by atoms with Crippen LogP contribution in [0, 0.1) is 0 Å². The minimum atomic E-state index is -0.880. The molecular formula is C13H17Cl2NO2. The molecule has 5 heteroatoms. The summed E-state index contributed by atoms with van der Waals surface area (Å²) in [5.74, 6) is 0.150. The van der Waals surface area contributed by atoms with E-state index in [1.165, 1.54) is 0 Å². The second-order valence-corrected chi connectivity index (χ2v) is 4.78. The molecule has 3 nitrogen and oxygen atoms in total. The number of aliphatic carboxylic acids is 1. The second kappa shape index (κ2) is 7.49. The van der Waals surface area contributed by atoms with Gasteiger partial charge in [-0.15, -0.1) is 23.2 Å². The smallest absolute Gasteiger partial charge is 0.325 e. The molecule has 0 saturated carbocycles. The van der Waals surface area contributed by atoms with Gasteiger partial charge in [-0.2, -0.15) is 0 Å². The predicted octanol–water partition coefficient (Wildman–Crippen LogP) is 3.13. The number of nitrogens with one attached hydrogen (secondary N) is 1. The number of hydrogen-bond donors (Lipinski definition) is 2. The lowest BCUT2D eigenvalue weighted by molar-refractivity contribution is -0.137. The van der Waals surface area contributed by atoms with Gasteiger partial charge in [0.15, 0.2) is 0 Å². The molecule has 1 aromatic rings. The molecule has 100 valence electrons. The molecule has 0 fully saturated rings. The molecule has 0 aromatic heterocycles. The highest BCUT2D eigenvalue weighted by molar-refractivity contribution is 6.18. The van der Waals surface area contributed by atoms with Crippen molar-refractivity contribution in [2.45, 2.75) is 25.8 Å². The van der Waals surface area contributed by atoms with Gasteiger partial charge in [-0.05, 0) is 37.0 Å². The van der Waals surface area contributed by atoms with Crippen LogP contribution in [-0.2, 0) is 17.6 Å². The summed E-state index contributed by atoms with van der Waals surface area (Å²) in [5, 5.41) is 11.9. The Balaban J connectivity index is 3.01. The third kappa shape index (κ3) is 4.07. The molecule has 0 bridgehead atoms. The lowest BCUT2D eigenvalue weighted by atomic mass is 10.0. The number of carboxylic acids is 1. The molecule has 1 atom stereocenters. The van der Waals surface area contributed by atoms with Gasteiger partial charge in [0.2, 0.25) is 0 Å². The van der Waals surface area contributed by atoms with E-state index < -0.39 is 12.0 Å². The number of benzene rings is 1. The van der Waals surface area contributed by atoms with E-state index in [1.807, 2.05) is 18.2 Å². The van der Waals surface area contributed by atoms with Crippen LogP contribution in [0.2, 0.25) is 0 Å². The van der Waals surface area contributed by atoms with E-state index in [-0.39, 0.29) is 0 Å². The Kier molecular flexibility index (Phi) is 6.30. The summed E-state index contributed by atoms with van der Waals surface area (Å²) >= 11 is 11.6. The fourth-order valence-corrected chi connectivity index (χ4v) is 2.18. The first kappa shape index (κ1) is 15.1. The van der Waals surface area contributed by atoms with E-state index in [2.05, 4.69) is 5.32 Å². The quantitative estimate of drug-likeness (QED) is 0.758. The summed E-state index contributed by atoms with van der Waals surface area (Å²) < 4.78 is 0. The highest BCUT2D eigenvalue weighted by atomic mass is 35.5. The second-order valence-electron chi connectivity index (χ2n) is 4.03. The number of carboxylic acid groups (broad SMARTS) is 1. The number of aryl methyl sites for hydroxylation is 1. The van der Waals surface area contributed by atoms with Gasteiger partial charge >= 0.3 is 5.97 Å². The van der Waals surface area contributed by atoms with Crippen LogP contribution in [0.4, 0.5) is 5.69 Å². The van der Waals surface area contributed by atoms with Crippen molar-refractivity contribution in [1.29, 1.82) is 0 Å². The fraction of sp³-hybridized carbons (Fsp3) is 0.462. The number of anilines is 1. The van der Waals surface area contributed by atoms with Crippen LogP contribution in [-0.4, -0.2) is 28.9 Å². The van der Waals surface area contributed by atoms with Crippen LogP contribution in [0.5, 0.6) is 0 Å². The van der Waals surface area contributed by atoms with Crippen molar-refractivity contribution in [3.05, 3.63) is 29.3 Å². The van der Waals surface area contributed by atoms with Crippen LogP contribution in [0.1, 0.15) is 18.1 Å². The summed E-state index contributed by atoms with van der Waals surface area (Å²) in [6, 6.07) is 5.14. The Bertz CT molecular complexity index is 410. The van der Waals surface area contributed by atoms with E-state index in [1.54, 1.807) is 6.92 Å². The first-order chi connectivity index (χ1) is 8.60. The van der Waals surface area contributed by atoms with Gasteiger partial charge in [0.05, 0.1) is 0 Å². The van der Waals surface area contributed by atoms with Crippen molar-refractivity contribution in [2.75, 3.05) is 17.1 Å². The zero-order chi connectivity index (χ0) is 13.5. The summed E-state index contributed by atoms with van der Waals surface area (Å²) in [6.45, 7) is 1.61. The highest BCUT2D eigenvalue weighted by Crippen LogP contribution is 2.23. The van der Waals surface area contributed by atoms with Crippen LogP contribution in [0.25, 0.3) is 0 Å². The normalized spacial score (nSPS) is 12.2. The molecule has 0 radical (unpaired) electrons. The summed E-state index contributed by atoms with van der Waals surface area (Å²) in [4.78, 5) is 10.9. The number of rotatable bonds is 7. The van der Waals surface area contributed by atoms with Crippen molar-refractivity contribution in [1.82, 2.24) is 0 Å². The average molecular weight is 290 g/mol. The average Bonchev–Trinajstić information content (AvgIpc) is 2.33. The number of carbonyl (C=O) groups is 1. The number of halogens is 2. The molecule has 0 spiro atoms. The van der Waals surface area contributed by atoms with Crippen molar-refractivity contribution in [2.24, 2.45) is 0 Å². The maximum Gasteiger partial charge on any atom is 0.325 e. The van der Waals surface area contributed by atoms with Crippen LogP contribution in [0.3, 0.4) is 0 Å². The van der Waals surface area contributed by atoms with Gasteiger partial charge in [0, 0.05) is 17.4 Å². The molecular weight excluding hydrogens is 273 g/mol. The Morgan fingerprint density at radius 3 is 2.56 bits per heavy atom.